The third-order valence-electron chi connectivity index (χ3n) is 3.44. The smallest absolute Gasteiger partial charge is 0.126 e. The van der Waals surface area contributed by atoms with Gasteiger partial charge >= 0.3 is 0 Å². The van der Waals surface area contributed by atoms with Gasteiger partial charge in [0, 0.05) is 23.0 Å². The van der Waals surface area contributed by atoms with Gasteiger partial charge in [0.1, 0.15) is 5.82 Å². The van der Waals surface area contributed by atoms with Crippen LogP contribution in [0.1, 0.15) is 5.56 Å². The molecule has 0 unspecified atom stereocenters. The van der Waals surface area contributed by atoms with Crippen LogP contribution >= 0.6 is 11.6 Å². The number of hydrogen-bond donors (Lipinski definition) is 0. The third-order valence-corrected chi connectivity index (χ3v) is 3.67. The van der Waals surface area contributed by atoms with Crippen LogP contribution in [-0.4, -0.2) is 4.98 Å². The molecule has 3 heteroatoms. The first kappa shape index (κ1) is 13.8. The summed E-state index contributed by atoms with van der Waals surface area (Å²) in [5.74, 6) is -0.214. The van der Waals surface area contributed by atoms with Crippen molar-refractivity contribution in [3.8, 4) is 22.3 Å². The molecule has 0 aliphatic rings. The van der Waals surface area contributed by atoms with Crippen LogP contribution in [0.25, 0.3) is 22.3 Å². The van der Waals surface area contributed by atoms with Gasteiger partial charge in [-0.2, -0.15) is 0 Å². The normalized spacial score (nSPS) is 10.6. The lowest BCUT2D eigenvalue weighted by Crippen LogP contribution is -1.89. The maximum absolute atomic E-state index is 13.8. The van der Waals surface area contributed by atoms with E-state index in [1.807, 2.05) is 36.4 Å². The fraction of sp³-hybridized carbons (Fsp3) is 0.0556. The van der Waals surface area contributed by atoms with E-state index in [-0.39, 0.29) is 5.82 Å². The lowest BCUT2D eigenvalue weighted by atomic mass is 9.96. The zero-order valence-electron chi connectivity index (χ0n) is 11.5. The van der Waals surface area contributed by atoms with Crippen molar-refractivity contribution in [3.63, 3.8) is 0 Å². The first-order valence-electron chi connectivity index (χ1n) is 6.61. The van der Waals surface area contributed by atoms with Crippen molar-refractivity contribution >= 4 is 11.6 Å². The second-order valence-corrected chi connectivity index (χ2v) is 5.33. The molecule has 1 nitrogen and oxygen atoms in total. The summed E-state index contributed by atoms with van der Waals surface area (Å²) in [5.41, 5.74) is 4.29. The van der Waals surface area contributed by atoms with E-state index in [4.69, 9.17) is 11.6 Å². The molecule has 1 heterocycles. The number of aromatic nitrogens is 1. The molecule has 0 aliphatic heterocycles. The Morgan fingerprint density at radius 2 is 1.76 bits per heavy atom. The quantitative estimate of drug-likeness (QED) is 0.607. The monoisotopic (exact) mass is 297 g/mol. The summed E-state index contributed by atoms with van der Waals surface area (Å²) in [6, 6.07) is 14.7. The predicted octanol–water partition coefficient (Wildman–Crippen LogP) is 5.52. The Morgan fingerprint density at radius 1 is 0.952 bits per heavy atom. The van der Waals surface area contributed by atoms with E-state index in [1.165, 1.54) is 0 Å². The highest BCUT2D eigenvalue weighted by atomic mass is 35.5. The summed E-state index contributed by atoms with van der Waals surface area (Å²) >= 11 is 6.06. The summed E-state index contributed by atoms with van der Waals surface area (Å²) in [4.78, 5) is 4.17. The standard InChI is InChI=1S/C18H13ClFN/c1-12-5-6-14(10-18(12)20)17-11-21-8-7-16(17)13-3-2-4-15(19)9-13/h2-11H,1H3. The maximum atomic E-state index is 13.8. The van der Waals surface area contributed by atoms with E-state index in [0.29, 0.717) is 10.6 Å². The molecular weight excluding hydrogens is 285 g/mol. The highest BCUT2D eigenvalue weighted by Crippen LogP contribution is 2.33. The van der Waals surface area contributed by atoms with Gasteiger partial charge in [-0.05, 0) is 53.4 Å². The minimum Gasteiger partial charge on any atom is -0.264 e. The summed E-state index contributed by atoms with van der Waals surface area (Å²) in [6.07, 6.45) is 3.48. The number of rotatable bonds is 2. The average molecular weight is 298 g/mol. The Bertz CT molecular complexity index is 799. The summed E-state index contributed by atoms with van der Waals surface area (Å²) < 4.78 is 13.8. The molecule has 0 saturated carbocycles. The molecule has 1 aromatic heterocycles. The number of hydrogen-bond acceptors (Lipinski definition) is 1. The number of halogens is 2. The lowest BCUT2D eigenvalue weighted by Gasteiger charge is -2.10. The summed E-state index contributed by atoms with van der Waals surface area (Å²) in [7, 11) is 0. The van der Waals surface area contributed by atoms with Gasteiger partial charge in [-0.1, -0.05) is 35.9 Å². The molecule has 0 N–H and O–H groups in total. The minimum absolute atomic E-state index is 0.214. The van der Waals surface area contributed by atoms with Gasteiger partial charge < -0.3 is 0 Å². The second kappa shape index (κ2) is 5.66. The van der Waals surface area contributed by atoms with Crippen LogP contribution in [0.15, 0.2) is 60.9 Å². The Balaban J connectivity index is 2.18. The van der Waals surface area contributed by atoms with Crippen molar-refractivity contribution in [3.05, 3.63) is 77.3 Å². The van der Waals surface area contributed by atoms with Crippen molar-refractivity contribution in [2.75, 3.05) is 0 Å². The first-order valence-corrected chi connectivity index (χ1v) is 6.99. The average Bonchev–Trinajstić information content (AvgIpc) is 2.50. The zero-order valence-corrected chi connectivity index (χ0v) is 12.2. The van der Waals surface area contributed by atoms with Gasteiger partial charge in [-0.3, -0.25) is 4.98 Å². The molecule has 3 rings (SSSR count). The van der Waals surface area contributed by atoms with Crippen LogP contribution in [-0.2, 0) is 0 Å². The van der Waals surface area contributed by atoms with Crippen LogP contribution < -0.4 is 0 Å². The Hall–Kier alpha value is -2.19. The molecule has 21 heavy (non-hydrogen) atoms. The van der Waals surface area contributed by atoms with Gasteiger partial charge in [0.15, 0.2) is 0 Å². The fourth-order valence-electron chi connectivity index (χ4n) is 2.29. The molecule has 0 radical (unpaired) electrons. The second-order valence-electron chi connectivity index (χ2n) is 4.90. The van der Waals surface area contributed by atoms with Gasteiger partial charge in [0.05, 0.1) is 0 Å². The van der Waals surface area contributed by atoms with Crippen LogP contribution in [0.5, 0.6) is 0 Å². The minimum atomic E-state index is -0.214. The number of nitrogens with zero attached hydrogens (tertiary/aromatic N) is 1. The Morgan fingerprint density at radius 3 is 2.52 bits per heavy atom. The summed E-state index contributed by atoms with van der Waals surface area (Å²) in [5, 5.41) is 0.672. The van der Waals surface area contributed by atoms with Crippen molar-refractivity contribution in [1.29, 1.82) is 0 Å². The van der Waals surface area contributed by atoms with Crippen molar-refractivity contribution < 1.29 is 4.39 Å². The third kappa shape index (κ3) is 2.81. The van der Waals surface area contributed by atoms with Crippen molar-refractivity contribution in [2.45, 2.75) is 6.92 Å². The van der Waals surface area contributed by atoms with Crippen LogP contribution in [0.3, 0.4) is 0 Å². The van der Waals surface area contributed by atoms with E-state index in [9.17, 15) is 4.39 Å². The van der Waals surface area contributed by atoms with E-state index in [0.717, 1.165) is 22.3 Å². The van der Waals surface area contributed by atoms with E-state index >= 15 is 0 Å². The molecule has 0 atom stereocenters. The van der Waals surface area contributed by atoms with Gasteiger partial charge in [0.25, 0.3) is 0 Å². The molecule has 0 saturated heterocycles. The van der Waals surface area contributed by atoms with E-state index in [2.05, 4.69) is 4.98 Å². The molecule has 0 bridgehead atoms. The zero-order chi connectivity index (χ0) is 14.8. The predicted molar refractivity (Wildman–Crippen MR) is 84.8 cm³/mol. The molecule has 104 valence electrons. The molecule has 0 aliphatic carbocycles. The number of benzene rings is 2. The molecule has 0 spiro atoms. The highest BCUT2D eigenvalue weighted by Gasteiger charge is 2.09. The Kier molecular flexibility index (Phi) is 3.72. The first-order chi connectivity index (χ1) is 10.1. The maximum Gasteiger partial charge on any atom is 0.126 e. The van der Waals surface area contributed by atoms with Crippen LogP contribution in [0.4, 0.5) is 4.39 Å². The molecule has 0 fully saturated rings. The fourth-order valence-corrected chi connectivity index (χ4v) is 2.48. The Labute approximate surface area is 128 Å². The largest absolute Gasteiger partial charge is 0.264 e. The lowest BCUT2D eigenvalue weighted by molar-refractivity contribution is 0.619. The van der Waals surface area contributed by atoms with Crippen molar-refractivity contribution in [1.82, 2.24) is 4.98 Å². The van der Waals surface area contributed by atoms with Crippen molar-refractivity contribution in [2.24, 2.45) is 0 Å². The molecule has 0 amide bonds. The van der Waals surface area contributed by atoms with Gasteiger partial charge in [0.2, 0.25) is 0 Å². The van der Waals surface area contributed by atoms with Gasteiger partial charge in [-0.15, -0.1) is 0 Å². The van der Waals surface area contributed by atoms with E-state index in [1.54, 1.807) is 31.5 Å². The SMILES string of the molecule is Cc1ccc(-c2cnccc2-c2cccc(Cl)c2)cc1F. The molecule has 3 aromatic rings. The van der Waals surface area contributed by atoms with Gasteiger partial charge in [-0.25, -0.2) is 4.39 Å². The number of pyridine rings is 1. The topological polar surface area (TPSA) is 12.9 Å². The molecule has 2 aromatic carbocycles. The number of aryl methyl sites for hydroxylation is 1. The van der Waals surface area contributed by atoms with Crippen LogP contribution in [0.2, 0.25) is 5.02 Å². The van der Waals surface area contributed by atoms with E-state index < -0.39 is 0 Å². The highest BCUT2D eigenvalue weighted by molar-refractivity contribution is 6.30. The summed E-state index contributed by atoms with van der Waals surface area (Å²) in [6.45, 7) is 1.75. The van der Waals surface area contributed by atoms with Crippen LogP contribution in [0, 0.1) is 12.7 Å². The molecular formula is C18H13ClFN.